The van der Waals surface area contributed by atoms with Crippen LogP contribution in [-0.4, -0.2) is 70.6 Å². The molecule has 0 aliphatic rings. The summed E-state index contributed by atoms with van der Waals surface area (Å²) in [5.74, 6) is -5.05. The normalized spacial score (nSPS) is 13.8. The van der Waals surface area contributed by atoms with Crippen LogP contribution in [0.5, 0.6) is 0 Å². The number of rotatable bonds is 17. The Labute approximate surface area is 232 Å². The van der Waals surface area contributed by atoms with Crippen LogP contribution in [0.3, 0.4) is 0 Å². The Balaban J connectivity index is 2.27. The Hall–Kier alpha value is -4.29. The van der Waals surface area contributed by atoms with Gasteiger partial charge in [0.2, 0.25) is 17.7 Å². The van der Waals surface area contributed by atoms with Gasteiger partial charge in [-0.1, -0.05) is 67.1 Å². The highest BCUT2D eigenvalue weighted by Crippen LogP contribution is 2.09. The number of unbranched alkanes of at least 4 members (excludes halogenated alkanes) is 1. The van der Waals surface area contributed by atoms with Crippen molar-refractivity contribution in [2.45, 2.75) is 62.7 Å². The second-order valence-electron chi connectivity index (χ2n) is 9.39. The van der Waals surface area contributed by atoms with Crippen LogP contribution in [-0.2, 0) is 36.8 Å². The maximum atomic E-state index is 13.5. The zero-order valence-electron chi connectivity index (χ0n) is 22.1. The molecule has 12 nitrogen and oxygen atoms in total. The molecule has 0 aromatic heterocycles. The maximum Gasteiger partial charge on any atom is 0.326 e. The van der Waals surface area contributed by atoms with Crippen LogP contribution in [0.25, 0.3) is 0 Å². The van der Waals surface area contributed by atoms with Crippen molar-refractivity contribution >= 4 is 29.7 Å². The summed E-state index contributed by atoms with van der Waals surface area (Å²) < 4.78 is 0. The van der Waals surface area contributed by atoms with Gasteiger partial charge in [0, 0.05) is 12.8 Å². The molecular formula is C28H37N5O7. The second-order valence-corrected chi connectivity index (χ2v) is 9.39. The summed E-state index contributed by atoms with van der Waals surface area (Å²) in [6.07, 6.45) is 0.960. The van der Waals surface area contributed by atoms with Crippen LogP contribution in [0.1, 0.15) is 36.8 Å². The maximum absolute atomic E-state index is 13.5. The van der Waals surface area contributed by atoms with Gasteiger partial charge in [-0.2, -0.15) is 0 Å². The largest absolute Gasteiger partial charge is 0.481 e. The fraction of sp³-hybridized carbons (Fsp3) is 0.393. The van der Waals surface area contributed by atoms with Crippen LogP contribution in [0.4, 0.5) is 0 Å². The predicted molar refractivity (Wildman–Crippen MR) is 147 cm³/mol. The standard InChI is InChI=1S/C28H37N5O7/c29-14-8-7-13-20(30)25(36)31-21(15-18-9-3-1-4-10-18)26(37)32-22(16-19-11-5-2-6-12-19)27(38)33-23(28(39)40)17-24(34)35/h1-6,9-12,20-23H,7-8,13-17,29-30H2,(H,31,36)(H,32,37)(H,33,38)(H,34,35)(H,39,40)/t20-,21-,22+,23+/m1/s1. The Morgan fingerprint density at radius 1 is 0.675 bits per heavy atom. The lowest BCUT2D eigenvalue weighted by molar-refractivity contribution is -0.147. The Bertz CT molecular complexity index is 1130. The number of hydrogen-bond donors (Lipinski definition) is 7. The molecule has 3 amide bonds. The molecule has 9 N–H and O–H groups in total. The number of carbonyl (C=O) groups excluding carboxylic acids is 3. The minimum atomic E-state index is -1.70. The highest BCUT2D eigenvalue weighted by molar-refractivity contribution is 5.95. The first-order valence-electron chi connectivity index (χ1n) is 13.0. The molecule has 0 saturated carbocycles. The second kappa shape index (κ2) is 16.6. The van der Waals surface area contributed by atoms with E-state index >= 15 is 0 Å². The van der Waals surface area contributed by atoms with Crippen molar-refractivity contribution in [2.24, 2.45) is 11.5 Å². The van der Waals surface area contributed by atoms with Gasteiger partial charge in [0.15, 0.2) is 0 Å². The van der Waals surface area contributed by atoms with E-state index in [4.69, 9.17) is 16.6 Å². The van der Waals surface area contributed by atoms with Gasteiger partial charge < -0.3 is 37.6 Å². The van der Waals surface area contributed by atoms with E-state index in [-0.39, 0.29) is 12.8 Å². The van der Waals surface area contributed by atoms with Crippen molar-refractivity contribution in [3.05, 3.63) is 71.8 Å². The van der Waals surface area contributed by atoms with Crippen LogP contribution in [0, 0.1) is 0 Å². The molecule has 216 valence electrons. The molecule has 0 bridgehead atoms. The molecule has 2 aromatic carbocycles. The number of hydrogen-bond acceptors (Lipinski definition) is 7. The highest BCUT2D eigenvalue weighted by Gasteiger charge is 2.31. The number of benzene rings is 2. The molecular weight excluding hydrogens is 518 g/mol. The van der Waals surface area contributed by atoms with E-state index < -0.39 is 60.2 Å². The van der Waals surface area contributed by atoms with Crippen LogP contribution >= 0.6 is 0 Å². The van der Waals surface area contributed by atoms with Crippen molar-refractivity contribution in [3.8, 4) is 0 Å². The number of aliphatic carboxylic acids is 2. The van der Waals surface area contributed by atoms with Crippen molar-refractivity contribution in [1.82, 2.24) is 16.0 Å². The van der Waals surface area contributed by atoms with Gasteiger partial charge in [0.1, 0.15) is 18.1 Å². The Morgan fingerprint density at radius 2 is 1.12 bits per heavy atom. The lowest BCUT2D eigenvalue weighted by Crippen LogP contribution is -2.58. The molecule has 0 heterocycles. The number of amides is 3. The fourth-order valence-electron chi connectivity index (χ4n) is 3.96. The van der Waals surface area contributed by atoms with Crippen LogP contribution < -0.4 is 27.4 Å². The number of nitrogens with one attached hydrogen (secondary N) is 3. The number of nitrogens with two attached hydrogens (primary N) is 2. The first-order chi connectivity index (χ1) is 19.1. The third kappa shape index (κ3) is 11.2. The zero-order chi connectivity index (χ0) is 29.5. The molecule has 0 aliphatic carbocycles. The molecule has 4 atom stereocenters. The van der Waals surface area contributed by atoms with Crippen molar-refractivity contribution in [1.29, 1.82) is 0 Å². The van der Waals surface area contributed by atoms with Crippen molar-refractivity contribution < 1.29 is 34.2 Å². The topological polar surface area (TPSA) is 214 Å². The molecule has 12 heteroatoms. The van der Waals surface area contributed by atoms with Gasteiger partial charge in [-0.25, -0.2) is 4.79 Å². The van der Waals surface area contributed by atoms with Gasteiger partial charge in [-0.05, 0) is 30.5 Å². The summed E-state index contributed by atoms with van der Waals surface area (Å²) in [7, 11) is 0. The third-order valence-electron chi connectivity index (χ3n) is 6.13. The monoisotopic (exact) mass is 555 g/mol. The Morgan fingerprint density at radius 3 is 1.55 bits per heavy atom. The predicted octanol–water partition coefficient (Wildman–Crippen LogP) is -0.0582. The van der Waals surface area contributed by atoms with Crippen LogP contribution in [0.15, 0.2) is 60.7 Å². The minimum absolute atomic E-state index is 0.0115. The zero-order valence-corrected chi connectivity index (χ0v) is 22.1. The SMILES string of the molecule is NCCCC[C@@H](N)C(=O)N[C@H](Cc1ccccc1)C(=O)N[C@@H](Cc1ccccc1)C(=O)N[C@@H](CC(=O)O)C(=O)O. The minimum Gasteiger partial charge on any atom is -0.481 e. The number of carbonyl (C=O) groups is 5. The smallest absolute Gasteiger partial charge is 0.326 e. The lowest BCUT2D eigenvalue weighted by Gasteiger charge is -2.25. The van der Waals surface area contributed by atoms with E-state index in [2.05, 4.69) is 16.0 Å². The molecule has 0 fully saturated rings. The molecule has 2 aromatic rings. The molecule has 0 saturated heterocycles. The molecule has 0 spiro atoms. The summed E-state index contributed by atoms with van der Waals surface area (Å²) in [4.78, 5) is 62.1. The van der Waals surface area contributed by atoms with E-state index in [0.29, 0.717) is 31.4 Å². The van der Waals surface area contributed by atoms with Gasteiger partial charge >= 0.3 is 11.9 Å². The van der Waals surface area contributed by atoms with Crippen molar-refractivity contribution in [2.75, 3.05) is 6.54 Å². The highest BCUT2D eigenvalue weighted by atomic mass is 16.4. The average Bonchev–Trinajstić information content (AvgIpc) is 2.92. The number of carboxylic acid groups (broad SMARTS) is 2. The fourth-order valence-corrected chi connectivity index (χ4v) is 3.96. The van der Waals surface area contributed by atoms with E-state index in [1.54, 1.807) is 60.7 Å². The summed E-state index contributed by atoms with van der Waals surface area (Å²) in [5.41, 5.74) is 12.9. The first kappa shape index (κ1) is 31.9. The summed E-state index contributed by atoms with van der Waals surface area (Å²) >= 11 is 0. The van der Waals surface area contributed by atoms with E-state index in [1.807, 2.05) is 0 Å². The van der Waals surface area contributed by atoms with Gasteiger partial charge in [-0.3, -0.25) is 19.2 Å². The van der Waals surface area contributed by atoms with E-state index in [1.165, 1.54) is 0 Å². The van der Waals surface area contributed by atoms with Crippen LogP contribution in [0.2, 0.25) is 0 Å². The van der Waals surface area contributed by atoms with Gasteiger partial charge in [-0.15, -0.1) is 0 Å². The molecule has 0 unspecified atom stereocenters. The first-order valence-corrected chi connectivity index (χ1v) is 13.0. The van der Waals surface area contributed by atoms with E-state index in [0.717, 1.165) is 5.56 Å². The van der Waals surface area contributed by atoms with Gasteiger partial charge in [0.25, 0.3) is 0 Å². The van der Waals surface area contributed by atoms with Crippen molar-refractivity contribution in [3.63, 3.8) is 0 Å². The third-order valence-corrected chi connectivity index (χ3v) is 6.13. The average molecular weight is 556 g/mol. The molecule has 2 rings (SSSR count). The van der Waals surface area contributed by atoms with Gasteiger partial charge in [0.05, 0.1) is 12.5 Å². The molecule has 0 aliphatic heterocycles. The van der Waals surface area contributed by atoms with E-state index in [9.17, 15) is 29.1 Å². The summed E-state index contributed by atoms with van der Waals surface area (Å²) in [6, 6.07) is 12.7. The summed E-state index contributed by atoms with van der Waals surface area (Å²) in [5, 5.41) is 25.9. The number of carboxylic acids is 2. The quantitative estimate of drug-likeness (QED) is 0.130. The summed E-state index contributed by atoms with van der Waals surface area (Å²) in [6.45, 7) is 0.466. The molecule has 40 heavy (non-hydrogen) atoms. The molecule has 0 radical (unpaired) electrons. The lowest BCUT2D eigenvalue weighted by atomic mass is 10.0. The Kier molecular flexibility index (Phi) is 13.3.